The van der Waals surface area contributed by atoms with Crippen molar-refractivity contribution in [1.82, 2.24) is 4.98 Å². The first kappa shape index (κ1) is 21.9. The molecule has 8 heteroatoms. The lowest BCUT2D eigenvalue weighted by Gasteiger charge is -2.31. The molecule has 164 valence electrons. The van der Waals surface area contributed by atoms with Gasteiger partial charge in [0.05, 0.1) is 10.9 Å². The van der Waals surface area contributed by atoms with Gasteiger partial charge < -0.3 is 4.90 Å². The molecule has 1 aliphatic heterocycles. The summed E-state index contributed by atoms with van der Waals surface area (Å²) in [5, 5.41) is 2.09. The van der Waals surface area contributed by atoms with Gasteiger partial charge in [-0.3, -0.25) is 0 Å². The molecule has 3 aromatic rings. The molecule has 1 fully saturated rings. The molecule has 4 rings (SSSR count). The Bertz CT molecular complexity index is 1160. The molecule has 0 bridgehead atoms. The predicted octanol–water partition coefficient (Wildman–Crippen LogP) is 5.07. The fraction of sp³-hybridized carbons (Fsp3) is 0.348. The highest BCUT2D eigenvalue weighted by atomic mass is 32.2. The topological polar surface area (TPSA) is 50.3 Å². The second-order valence-electron chi connectivity index (χ2n) is 7.95. The van der Waals surface area contributed by atoms with Crippen LogP contribution in [0.2, 0.25) is 0 Å². The van der Waals surface area contributed by atoms with Gasteiger partial charge in [-0.25, -0.2) is 22.2 Å². The number of hydrogen-bond donors (Lipinski definition) is 0. The summed E-state index contributed by atoms with van der Waals surface area (Å²) >= 11 is 1.54. The number of anilines is 1. The Hall–Kier alpha value is -2.32. The van der Waals surface area contributed by atoms with Crippen molar-refractivity contribution in [3.8, 4) is 0 Å². The highest BCUT2D eigenvalue weighted by Gasteiger charge is 2.35. The van der Waals surface area contributed by atoms with E-state index in [4.69, 9.17) is 4.98 Å². The maximum absolute atomic E-state index is 14.0. The van der Waals surface area contributed by atoms with Crippen LogP contribution in [0.3, 0.4) is 0 Å². The van der Waals surface area contributed by atoms with Crippen LogP contribution in [0, 0.1) is 25.5 Å². The average molecular weight is 463 g/mol. The Morgan fingerprint density at radius 1 is 1.03 bits per heavy atom. The standard InChI is InChI=1S/C23H24F2N2O2S2/c1-15-5-3-6-16(2)19(15)13-17-14-30-23(26-17)27-11-9-18(10-12-27)31(28,29)22-20(24)7-4-8-21(22)25/h3-8,14,18H,9-13H2,1-2H3. The van der Waals surface area contributed by atoms with Crippen molar-refractivity contribution in [2.75, 3.05) is 18.0 Å². The molecule has 2 heterocycles. The van der Waals surface area contributed by atoms with Crippen LogP contribution in [0.4, 0.5) is 13.9 Å². The number of piperidine rings is 1. The summed E-state index contributed by atoms with van der Waals surface area (Å²) < 4.78 is 53.7. The van der Waals surface area contributed by atoms with E-state index in [1.54, 1.807) is 11.3 Å². The summed E-state index contributed by atoms with van der Waals surface area (Å²) in [5.41, 5.74) is 4.73. The lowest BCUT2D eigenvalue weighted by Crippen LogP contribution is -2.39. The highest BCUT2D eigenvalue weighted by Crippen LogP contribution is 2.31. The van der Waals surface area contributed by atoms with Gasteiger partial charge in [0.15, 0.2) is 15.0 Å². The Morgan fingerprint density at radius 2 is 1.61 bits per heavy atom. The summed E-state index contributed by atoms with van der Waals surface area (Å²) in [6, 6.07) is 9.38. The van der Waals surface area contributed by atoms with Crippen molar-refractivity contribution in [2.45, 2.75) is 43.3 Å². The zero-order valence-electron chi connectivity index (χ0n) is 17.4. The molecule has 1 saturated heterocycles. The first-order valence-electron chi connectivity index (χ1n) is 10.2. The minimum Gasteiger partial charge on any atom is -0.348 e. The molecule has 0 unspecified atom stereocenters. The number of halogens is 2. The summed E-state index contributed by atoms with van der Waals surface area (Å²) in [6.07, 6.45) is 1.37. The number of nitrogens with zero attached hydrogens (tertiary/aromatic N) is 2. The van der Waals surface area contributed by atoms with Crippen molar-refractivity contribution in [1.29, 1.82) is 0 Å². The molecule has 0 N–H and O–H groups in total. The van der Waals surface area contributed by atoms with Crippen LogP contribution < -0.4 is 4.90 Å². The fourth-order valence-corrected chi connectivity index (χ4v) is 6.83. The van der Waals surface area contributed by atoms with Crippen molar-refractivity contribution >= 4 is 26.3 Å². The van der Waals surface area contributed by atoms with Gasteiger partial charge >= 0.3 is 0 Å². The van der Waals surface area contributed by atoms with Crippen molar-refractivity contribution in [3.63, 3.8) is 0 Å². The Kier molecular flexibility index (Phi) is 6.12. The Labute approximate surface area is 185 Å². The number of sulfone groups is 1. The maximum atomic E-state index is 14.0. The molecule has 2 aromatic carbocycles. The summed E-state index contributed by atoms with van der Waals surface area (Å²) in [6.45, 7) is 5.16. The van der Waals surface area contributed by atoms with Crippen molar-refractivity contribution in [3.05, 3.63) is 75.8 Å². The first-order chi connectivity index (χ1) is 14.8. The molecule has 0 amide bonds. The molecule has 4 nitrogen and oxygen atoms in total. The van der Waals surface area contributed by atoms with Gasteiger partial charge in [-0.05, 0) is 55.5 Å². The van der Waals surface area contributed by atoms with Crippen LogP contribution in [0.5, 0.6) is 0 Å². The third kappa shape index (κ3) is 4.36. The average Bonchev–Trinajstić information content (AvgIpc) is 3.19. The minimum atomic E-state index is -4.07. The van der Waals surface area contributed by atoms with Gasteiger partial charge in [0, 0.05) is 24.9 Å². The van der Waals surface area contributed by atoms with E-state index in [0.29, 0.717) is 25.9 Å². The monoisotopic (exact) mass is 462 g/mol. The summed E-state index contributed by atoms with van der Waals surface area (Å²) in [4.78, 5) is 6.01. The molecular weight excluding hydrogens is 438 g/mol. The molecule has 1 aliphatic rings. The number of benzene rings is 2. The van der Waals surface area contributed by atoms with Crippen molar-refractivity contribution in [2.24, 2.45) is 0 Å². The predicted molar refractivity (Wildman–Crippen MR) is 120 cm³/mol. The van der Waals surface area contributed by atoms with Gasteiger partial charge in [-0.1, -0.05) is 24.3 Å². The number of aryl methyl sites for hydroxylation is 2. The largest absolute Gasteiger partial charge is 0.348 e. The highest BCUT2D eigenvalue weighted by molar-refractivity contribution is 7.92. The van der Waals surface area contributed by atoms with Crippen LogP contribution in [0.15, 0.2) is 46.7 Å². The van der Waals surface area contributed by atoms with E-state index in [9.17, 15) is 17.2 Å². The van der Waals surface area contributed by atoms with E-state index in [0.717, 1.165) is 29.4 Å². The molecule has 0 spiro atoms. The normalized spacial score (nSPS) is 15.4. The third-order valence-corrected chi connectivity index (χ3v) is 9.16. The molecule has 31 heavy (non-hydrogen) atoms. The zero-order chi connectivity index (χ0) is 22.2. The summed E-state index contributed by atoms with van der Waals surface area (Å²) in [5.74, 6) is -2.06. The lowest BCUT2D eigenvalue weighted by atomic mass is 9.99. The molecule has 0 aliphatic carbocycles. The Balaban J connectivity index is 1.45. The lowest BCUT2D eigenvalue weighted by molar-refractivity contribution is 0.497. The molecular formula is C23H24F2N2O2S2. The molecule has 0 atom stereocenters. The van der Waals surface area contributed by atoms with Gasteiger partial charge in [0.1, 0.15) is 16.5 Å². The molecule has 0 radical (unpaired) electrons. The van der Waals surface area contributed by atoms with E-state index in [1.165, 1.54) is 22.8 Å². The van der Waals surface area contributed by atoms with Gasteiger partial charge in [-0.15, -0.1) is 11.3 Å². The van der Waals surface area contributed by atoms with E-state index in [2.05, 4.69) is 30.9 Å². The van der Waals surface area contributed by atoms with E-state index in [-0.39, 0.29) is 0 Å². The second-order valence-corrected chi connectivity index (χ2v) is 11.0. The SMILES string of the molecule is Cc1cccc(C)c1Cc1csc(N2CCC(S(=O)(=O)c3c(F)cccc3F)CC2)n1. The Morgan fingerprint density at radius 3 is 2.23 bits per heavy atom. The number of rotatable bonds is 5. The number of aromatic nitrogens is 1. The number of thiazole rings is 1. The molecule has 1 aromatic heterocycles. The summed E-state index contributed by atoms with van der Waals surface area (Å²) in [7, 11) is -4.07. The van der Waals surface area contributed by atoms with Crippen LogP contribution in [-0.4, -0.2) is 31.7 Å². The van der Waals surface area contributed by atoms with Crippen LogP contribution in [0.1, 0.15) is 35.2 Å². The minimum absolute atomic E-state index is 0.307. The van der Waals surface area contributed by atoms with Gasteiger partial charge in [0.2, 0.25) is 0 Å². The van der Waals surface area contributed by atoms with Crippen LogP contribution in [-0.2, 0) is 16.3 Å². The van der Waals surface area contributed by atoms with Crippen LogP contribution >= 0.6 is 11.3 Å². The van der Waals surface area contributed by atoms with E-state index in [1.807, 2.05) is 11.4 Å². The van der Waals surface area contributed by atoms with Crippen LogP contribution in [0.25, 0.3) is 0 Å². The quantitative estimate of drug-likeness (QED) is 0.531. The smallest absolute Gasteiger partial charge is 0.187 e. The maximum Gasteiger partial charge on any atom is 0.187 e. The van der Waals surface area contributed by atoms with E-state index < -0.39 is 31.6 Å². The number of hydrogen-bond acceptors (Lipinski definition) is 5. The van der Waals surface area contributed by atoms with Gasteiger partial charge in [0.25, 0.3) is 0 Å². The van der Waals surface area contributed by atoms with Gasteiger partial charge in [-0.2, -0.15) is 0 Å². The van der Waals surface area contributed by atoms with Crippen molar-refractivity contribution < 1.29 is 17.2 Å². The first-order valence-corrected chi connectivity index (χ1v) is 12.6. The third-order valence-electron chi connectivity index (χ3n) is 5.90. The van der Waals surface area contributed by atoms with E-state index >= 15 is 0 Å². The zero-order valence-corrected chi connectivity index (χ0v) is 19.1. The molecule has 0 saturated carbocycles. The second kappa shape index (κ2) is 8.67. The fourth-order valence-electron chi connectivity index (χ4n) is 4.11.